The summed E-state index contributed by atoms with van der Waals surface area (Å²) in [6.07, 6.45) is 4.71. The second-order valence-corrected chi connectivity index (χ2v) is 3.54. The fourth-order valence-electron chi connectivity index (χ4n) is 1.58. The maximum atomic E-state index is 5.28. The molecular formula is C10H21NO2. The van der Waals surface area contributed by atoms with E-state index in [0.29, 0.717) is 6.04 Å². The Morgan fingerprint density at radius 1 is 1.31 bits per heavy atom. The summed E-state index contributed by atoms with van der Waals surface area (Å²) in [4.78, 5) is 0. The van der Waals surface area contributed by atoms with E-state index in [1.807, 2.05) is 0 Å². The van der Waals surface area contributed by atoms with Crippen molar-refractivity contribution in [3.63, 3.8) is 0 Å². The monoisotopic (exact) mass is 187 g/mol. The number of nitrogens with one attached hydrogen (secondary N) is 1. The van der Waals surface area contributed by atoms with Gasteiger partial charge in [0.05, 0.1) is 0 Å². The zero-order valence-electron chi connectivity index (χ0n) is 8.55. The van der Waals surface area contributed by atoms with E-state index in [2.05, 4.69) is 5.32 Å². The molecule has 13 heavy (non-hydrogen) atoms. The number of hydrogen-bond acceptors (Lipinski definition) is 3. The van der Waals surface area contributed by atoms with Crippen LogP contribution in [-0.2, 0) is 9.47 Å². The normalized spacial score (nSPS) is 19.2. The molecule has 1 aliphatic rings. The summed E-state index contributed by atoms with van der Waals surface area (Å²) in [5.41, 5.74) is 0. The minimum atomic E-state index is 0.691. The molecule has 0 saturated carbocycles. The van der Waals surface area contributed by atoms with Gasteiger partial charge in [0.2, 0.25) is 0 Å². The number of rotatable bonds is 6. The number of hydrogen-bond donors (Lipinski definition) is 1. The molecule has 0 aliphatic carbocycles. The van der Waals surface area contributed by atoms with Crippen LogP contribution in [0.5, 0.6) is 0 Å². The quantitative estimate of drug-likeness (QED) is 0.633. The molecule has 0 aromatic rings. The van der Waals surface area contributed by atoms with Crippen LogP contribution in [0.15, 0.2) is 0 Å². The van der Waals surface area contributed by atoms with E-state index in [0.717, 1.165) is 32.8 Å². The van der Waals surface area contributed by atoms with Crippen molar-refractivity contribution < 1.29 is 9.47 Å². The molecule has 0 aromatic heterocycles. The molecule has 0 amide bonds. The SMILES string of the molecule is COCCCCNC1CCOCC1. The predicted molar refractivity (Wildman–Crippen MR) is 53.0 cm³/mol. The van der Waals surface area contributed by atoms with Gasteiger partial charge in [0.1, 0.15) is 0 Å². The van der Waals surface area contributed by atoms with Crippen LogP contribution in [0.1, 0.15) is 25.7 Å². The largest absolute Gasteiger partial charge is 0.385 e. The molecule has 0 aromatic carbocycles. The highest BCUT2D eigenvalue weighted by atomic mass is 16.5. The third kappa shape index (κ3) is 5.24. The van der Waals surface area contributed by atoms with E-state index in [1.165, 1.54) is 19.3 Å². The zero-order valence-corrected chi connectivity index (χ0v) is 8.55. The second-order valence-electron chi connectivity index (χ2n) is 3.54. The molecular weight excluding hydrogens is 166 g/mol. The van der Waals surface area contributed by atoms with Gasteiger partial charge < -0.3 is 14.8 Å². The van der Waals surface area contributed by atoms with Gasteiger partial charge in [-0.25, -0.2) is 0 Å². The maximum Gasteiger partial charge on any atom is 0.0480 e. The molecule has 0 atom stereocenters. The van der Waals surface area contributed by atoms with Gasteiger partial charge >= 0.3 is 0 Å². The highest BCUT2D eigenvalue weighted by Crippen LogP contribution is 2.05. The molecule has 0 spiro atoms. The smallest absolute Gasteiger partial charge is 0.0480 e. The minimum absolute atomic E-state index is 0.691. The van der Waals surface area contributed by atoms with Gasteiger partial charge in [0, 0.05) is 33.0 Å². The molecule has 0 unspecified atom stereocenters. The lowest BCUT2D eigenvalue weighted by Crippen LogP contribution is -2.35. The van der Waals surface area contributed by atoms with Crippen LogP contribution in [0.25, 0.3) is 0 Å². The lowest BCUT2D eigenvalue weighted by atomic mass is 10.1. The summed E-state index contributed by atoms with van der Waals surface area (Å²) in [7, 11) is 1.76. The second kappa shape index (κ2) is 7.30. The van der Waals surface area contributed by atoms with Crippen molar-refractivity contribution in [3.05, 3.63) is 0 Å². The molecule has 3 nitrogen and oxygen atoms in total. The Labute approximate surface area is 80.8 Å². The van der Waals surface area contributed by atoms with Crippen LogP contribution < -0.4 is 5.32 Å². The van der Waals surface area contributed by atoms with E-state index >= 15 is 0 Å². The lowest BCUT2D eigenvalue weighted by Gasteiger charge is -2.23. The van der Waals surface area contributed by atoms with Gasteiger partial charge in [-0.2, -0.15) is 0 Å². The summed E-state index contributed by atoms with van der Waals surface area (Å²) < 4.78 is 10.3. The first-order valence-electron chi connectivity index (χ1n) is 5.23. The first-order valence-corrected chi connectivity index (χ1v) is 5.23. The van der Waals surface area contributed by atoms with Crippen molar-refractivity contribution in [1.82, 2.24) is 5.32 Å². The van der Waals surface area contributed by atoms with Crippen molar-refractivity contribution in [2.45, 2.75) is 31.7 Å². The Kier molecular flexibility index (Phi) is 6.15. The van der Waals surface area contributed by atoms with Crippen molar-refractivity contribution in [3.8, 4) is 0 Å². The number of methoxy groups -OCH3 is 1. The number of unbranched alkanes of at least 4 members (excludes halogenated alkanes) is 1. The van der Waals surface area contributed by atoms with Gasteiger partial charge in [0.25, 0.3) is 0 Å². The van der Waals surface area contributed by atoms with Crippen LogP contribution >= 0.6 is 0 Å². The Morgan fingerprint density at radius 3 is 2.77 bits per heavy atom. The van der Waals surface area contributed by atoms with Crippen LogP contribution in [0, 0.1) is 0 Å². The third-order valence-corrected chi connectivity index (χ3v) is 2.43. The molecule has 1 saturated heterocycles. The maximum absolute atomic E-state index is 5.28. The van der Waals surface area contributed by atoms with Crippen LogP contribution in [-0.4, -0.2) is 39.5 Å². The Morgan fingerprint density at radius 2 is 2.08 bits per heavy atom. The summed E-state index contributed by atoms with van der Waals surface area (Å²) in [5.74, 6) is 0. The van der Waals surface area contributed by atoms with E-state index in [1.54, 1.807) is 7.11 Å². The van der Waals surface area contributed by atoms with Crippen LogP contribution in [0.2, 0.25) is 0 Å². The Balaban J connectivity index is 1.86. The van der Waals surface area contributed by atoms with Crippen LogP contribution in [0.3, 0.4) is 0 Å². The molecule has 1 fully saturated rings. The predicted octanol–water partition coefficient (Wildman–Crippen LogP) is 1.18. The zero-order chi connectivity index (χ0) is 9.36. The molecule has 1 rings (SSSR count). The highest BCUT2D eigenvalue weighted by Gasteiger charge is 2.11. The molecule has 1 N–H and O–H groups in total. The fraction of sp³-hybridized carbons (Fsp3) is 1.00. The van der Waals surface area contributed by atoms with Gasteiger partial charge in [-0.15, -0.1) is 0 Å². The van der Waals surface area contributed by atoms with E-state index in [9.17, 15) is 0 Å². The molecule has 78 valence electrons. The lowest BCUT2D eigenvalue weighted by molar-refractivity contribution is 0.0778. The summed E-state index contributed by atoms with van der Waals surface area (Å²) in [5, 5.41) is 3.54. The molecule has 0 radical (unpaired) electrons. The fourth-order valence-corrected chi connectivity index (χ4v) is 1.58. The summed E-state index contributed by atoms with van der Waals surface area (Å²) >= 11 is 0. The van der Waals surface area contributed by atoms with Crippen LogP contribution in [0.4, 0.5) is 0 Å². The van der Waals surface area contributed by atoms with E-state index in [-0.39, 0.29) is 0 Å². The first kappa shape index (κ1) is 11.0. The molecule has 0 bridgehead atoms. The summed E-state index contributed by atoms with van der Waals surface area (Å²) in [6.45, 7) is 3.86. The average Bonchev–Trinajstić information content (AvgIpc) is 2.19. The topological polar surface area (TPSA) is 30.5 Å². The molecule has 1 heterocycles. The number of ether oxygens (including phenoxy) is 2. The van der Waals surface area contributed by atoms with Gasteiger partial charge in [-0.3, -0.25) is 0 Å². The molecule has 1 aliphatic heterocycles. The third-order valence-electron chi connectivity index (χ3n) is 2.43. The Bertz CT molecular complexity index is 113. The standard InChI is InChI=1S/C10H21NO2/c1-12-7-3-2-6-11-10-4-8-13-9-5-10/h10-11H,2-9H2,1H3. The van der Waals surface area contributed by atoms with E-state index < -0.39 is 0 Å². The van der Waals surface area contributed by atoms with Crippen molar-refractivity contribution in [2.75, 3.05) is 33.5 Å². The molecule has 3 heteroatoms. The van der Waals surface area contributed by atoms with Crippen molar-refractivity contribution in [2.24, 2.45) is 0 Å². The highest BCUT2D eigenvalue weighted by molar-refractivity contribution is 4.69. The minimum Gasteiger partial charge on any atom is -0.385 e. The van der Waals surface area contributed by atoms with E-state index in [4.69, 9.17) is 9.47 Å². The summed E-state index contributed by atoms with van der Waals surface area (Å²) in [6, 6.07) is 0.691. The van der Waals surface area contributed by atoms with Gasteiger partial charge in [-0.05, 0) is 32.2 Å². The van der Waals surface area contributed by atoms with Gasteiger partial charge in [-0.1, -0.05) is 0 Å². The average molecular weight is 187 g/mol. The Hall–Kier alpha value is -0.120. The van der Waals surface area contributed by atoms with Gasteiger partial charge in [0.15, 0.2) is 0 Å². The first-order chi connectivity index (χ1) is 6.43. The van der Waals surface area contributed by atoms with Crippen molar-refractivity contribution >= 4 is 0 Å². The van der Waals surface area contributed by atoms with Crippen molar-refractivity contribution in [1.29, 1.82) is 0 Å².